The zero-order valence-corrected chi connectivity index (χ0v) is 14.4. The lowest BCUT2D eigenvalue weighted by Crippen LogP contribution is -2.23. The van der Waals surface area contributed by atoms with Gasteiger partial charge in [0.25, 0.3) is 0 Å². The van der Waals surface area contributed by atoms with Gasteiger partial charge in [-0.3, -0.25) is 0 Å². The van der Waals surface area contributed by atoms with Crippen LogP contribution in [0.2, 0.25) is 5.02 Å². The third-order valence-electron chi connectivity index (χ3n) is 3.42. The van der Waals surface area contributed by atoms with Crippen molar-refractivity contribution in [3.63, 3.8) is 0 Å². The van der Waals surface area contributed by atoms with E-state index in [1.165, 1.54) is 23.3 Å². The quantitative estimate of drug-likeness (QED) is 0.738. The third kappa shape index (κ3) is 4.29. The normalized spacial score (nSPS) is 12.4. The van der Waals surface area contributed by atoms with Crippen molar-refractivity contribution in [2.75, 3.05) is 6.54 Å². The van der Waals surface area contributed by atoms with E-state index in [0.717, 1.165) is 23.0 Å². The number of benzene rings is 2. The summed E-state index contributed by atoms with van der Waals surface area (Å²) in [5.74, 6) is -0.305. The molecule has 0 aliphatic heterocycles. The lowest BCUT2D eigenvalue weighted by molar-refractivity contribution is 0.546. The Balaban J connectivity index is 2.32. The van der Waals surface area contributed by atoms with Gasteiger partial charge < -0.3 is 5.32 Å². The molecule has 0 radical (unpaired) electrons. The van der Waals surface area contributed by atoms with Crippen LogP contribution in [0.4, 0.5) is 4.39 Å². The highest BCUT2D eigenvalue weighted by atomic mass is 79.9. The first kappa shape index (κ1) is 16.5. The second kappa shape index (κ2) is 7.39. The minimum Gasteiger partial charge on any atom is -0.310 e. The van der Waals surface area contributed by atoms with Gasteiger partial charge in [-0.25, -0.2) is 4.39 Å². The lowest BCUT2D eigenvalue weighted by Gasteiger charge is -2.21. The summed E-state index contributed by atoms with van der Waals surface area (Å²) in [6.07, 6.45) is 0.717. The summed E-state index contributed by atoms with van der Waals surface area (Å²) >= 11 is 9.76. The maximum atomic E-state index is 13.2. The van der Waals surface area contributed by atoms with Crippen molar-refractivity contribution >= 4 is 27.5 Å². The number of hydrogen-bond donors (Lipinski definition) is 1. The van der Waals surface area contributed by atoms with Gasteiger partial charge in [0.1, 0.15) is 5.82 Å². The molecule has 2 aromatic rings. The second-order valence-electron chi connectivity index (χ2n) is 5.08. The Morgan fingerprint density at radius 2 is 2.00 bits per heavy atom. The molecule has 0 fully saturated rings. The molecule has 0 aliphatic rings. The molecule has 1 atom stereocenters. The van der Waals surface area contributed by atoms with Crippen LogP contribution in [0.3, 0.4) is 0 Å². The van der Waals surface area contributed by atoms with Gasteiger partial charge in [-0.05, 0) is 49.2 Å². The predicted molar refractivity (Wildman–Crippen MR) is 90.4 cm³/mol. The molecule has 0 heterocycles. The molecule has 0 saturated heterocycles. The zero-order chi connectivity index (χ0) is 15.4. The van der Waals surface area contributed by atoms with Crippen molar-refractivity contribution in [3.05, 3.63) is 68.4 Å². The van der Waals surface area contributed by atoms with Crippen LogP contribution in [0.25, 0.3) is 0 Å². The molecule has 1 unspecified atom stereocenters. The number of likely N-dealkylation sites (N-methyl/N-ethyl adjacent to an activating group) is 1. The highest BCUT2D eigenvalue weighted by molar-refractivity contribution is 9.10. The summed E-state index contributed by atoms with van der Waals surface area (Å²) in [7, 11) is 0. The molecular formula is C17H18BrClFN. The Labute approximate surface area is 138 Å². The lowest BCUT2D eigenvalue weighted by atomic mass is 9.97. The van der Waals surface area contributed by atoms with Crippen molar-refractivity contribution in [2.45, 2.75) is 26.3 Å². The largest absolute Gasteiger partial charge is 0.310 e. The number of halogens is 3. The maximum Gasteiger partial charge on any atom is 0.124 e. The van der Waals surface area contributed by atoms with Gasteiger partial charge in [0.15, 0.2) is 0 Å². The van der Waals surface area contributed by atoms with Crippen molar-refractivity contribution in [1.82, 2.24) is 5.32 Å². The topological polar surface area (TPSA) is 12.0 Å². The highest BCUT2D eigenvalue weighted by Gasteiger charge is 2.16. The monoisotopic (exact) mass is 369 g/mol. The fraction of sp³-hybridized carbons (Fsp3) is 0.294. The van der Waals surface area contributed by atoms with Crippen LogP contribution in [0.5, 0.6) is 0 Å². The molecule has 2 aromatic carbocycles. The van der Waals surface area contributed by atoms with Crippen LogP contribution < -0.4 is 5.32 Å². The van der Waals surface area contributed by atoms with Crippen LogP contribution in [-0.2, 0) is 6.42 Å². The summed E-state index contributed by atoms with van der Waals surface area (Å²) in [6.45, 7) is 5.00. The summed E-state index contributed by atoms with van der Waals surface area (Å²) in [4.78, 5) is 0. The van der Waals surface area contributed by atoms with Gasteiger partial charge in [0, 0.05) is 15.5 Å². The molecule has 1 N–H and O–H groups in total. The van der Waals surface area contributed by atoms with Crippen LogP contribution in [0.1, 0.15) is 29.7 Å². The molecule has 0 aromatic heterocycles. The number of rotatable bonds is 5. The molecule has 0 spiro atoms. The van der Waals surface area contributed by atoms with E-state index in [-0.39, 0.29) is 11.9 Å². The average molecular weight is 371 g/mol. The summed E-state index contributed by atoms with van der Waals surface area (Å²) in [5.41, 5.74) is 3.34. The summed E-state index contributed by atoms with van der Waals surface area (Å²) < 4.78 is 14.2. The van der Waals surface area contributed by atoms with Crippen molar-refractivity contribution in [1.29, 1.82) is 0 Å². The van der Waals surface area contributed by atoms with E-state index in [1.54, 1.807) is 6.07 Å². The molecule has 0 aliphatic carbocycles. The molecular weight excluding hydrogens is 353 g/mol. The summed E-state index contributed by atoms with van der Waals surface area (Å²) in [6, 6.07) is 11.0. The zero-order valence-electron chi connectivity index (χ0n) is 12.1. The molecule has 1 nitrogen and oxygen atoms in total. The second-order valence-corrected chi connectivity index (χ2v) is 6.34. The minimum absolute atomic E-state index is 0.132. The van der Waals surface area contributed by atoms with E-state index in [4.69, 9.17) is 11.6 Å². The molecule has 112 valence electrons. The SMILES string of the molecule is CCNC(Cc1ccc(F)cc1Cl)c1cc(C)ccc1Br. The third-order valence-corrected chi connectivity index (χ3v) is 4.49. The van der Waals surface area contributed by atoms with Crippen molar-refractivity contribution < 1.29 is 4.39 Å². The highest BCUT2D eigenvalue weighted by Crippen LogP contribution is 2.29. The van der Waals surface area contributed by atoms with E-state index in [9.17, 15) is 4.39 Å². The summed E-state index contributed by atoms with van der Waals surface area (Å²) in [5, 5.41) is 3.95. The Morgan fingerprint density at radius 3 is 2.67 bits per heavy atom. The molecule has 0 amide bonds. The first-order valence-electron chi connectivity index (χ1n) is 6.94. The Morgan fingerprint density at radius 1 is 1.24 bits per heavy atom. The van der Waals surface area contributed by atoms with Gasteiger partial charge in [-0.1, -0.05) is 58.2 Å². The van der Waals surface area contributed by atoms with Crippen LogP contribution >= 0.6 is 27.5 Å². The van der Waals surface area contributed by atoms with Crippen molar-refractivity contribution in [2.24, 2.45) is 0 Å². The molecule has 0 bridgehead atoms. The standard InChI is InChI=1S/C17H18BrClFN/c1-3-21-17(14-8-11(2)4-7-15(14)18)9-12-5-6-13(20)10-16(12)19/h4-8,10,17,21H,3,9H2,1-2H3. The Kier molecular flexibility index (Phi) is 5.80. The van der Waals surface area contributed by atoms with Gasteiger partial charge in [-0.2, -0.15) is 0 Å². The van der Waals surface area contributed by atoms with Crippen LogP contribution in [-0.4, -0.2) is 6.54 Å². The predicted octanol–water partition coefficient (Wildman–Crippen LogP) is 5.44. The smallest absolute Gasteiger partial charge is 0.124 e. The Bertz CT molecular complexity index is 630. The van der Waals surface area contributed by atoms with E-state index in [0.29, 0.717) is 5.02 Å². The number of aryl methyl sites for hydroxylation is 1. The van der Waals surface area contributed by atoms with Gasteiger partial charge in [0.05, 0.1) is 0 Å². The number of hydrogen-bond acceptors (Lipinski definition) is 1. The maximum absolute atomic E-state index is 13.2. The fourth-order valence-electron chi connectivity index (χ4n) is 2.38. The van der Waals surface area contributed by atoms with Gasteiger partial charge in [0.2, 0.25) is 0 Å². The van der Waals surface area contributed by atoms with E-state index >= 15 is 0 Å². The van der Waals surface area contributed by atoms with E-state index in [1.807, 2.05) is 0 Å². The average Bonchev–Trinajstić information content (AvgIpc) is 2.44. The van der Waals surface area contributed by atoms with Crippen LogP contribution in [0.15, 0.2) is 40.9 Å². The molecule has 21 heavy (non-hydrogen) atoms. The molecule has 2 rings (SSSR count). The van der Waals surface area contributed by atoms with Crippen molar-refractivity contribution in [3.8, 4) is 0 Å². The fourth-order valence-corrected chi connectivity index (χ4v) is 3.14. The minimum atomic E-state index is -0.305. The Hall–Kier alpha value is -0.900. The molecule has 0 saturated carbocycles. The van der Waals surface area contributed by atoms with E-state index < -0.39 is 0 Å². The van der Waals surface area contributed by atoms with Gasteiger partial charge >= 0.3 is 0 Å². The van der Waals surface area contributed by atoms with Gasteiger partial charge in [-0.15, -0.1) is 0 Å². The van der Waals surface area contributed by atoms with Crippen LogP contribution in [0, 0.1) is 12.7 Å². The molecule has 4 heteroatoms. The van der Waals surface area contributed by atoms with E-state index in [2.05, 4.69) is 53.3 Å². The number of nitrogens with one attached hydrogen (secondary N) is 1. The first-order valence-corrected chi connectivity index (χ1v) is 8.11. The first-order chi connectivity index (χ1) is 10.0.